The highest BCUT2D eigenvalue weighted by Crippen LogP contribution is 2.21. The lowest BCUT2D eigenvalue weighted by molar-refractivity contribution is -0.111. The number of methoxy groups -OCH3 is 2. The van der Waals surface area contributed by atoms with Crippen LogP contribution in [0, 0.1) is 0 Å². The van der Waals surface area contributed by atoms with Crippen LogP contribution >= 0.6 is 11.6 Å². The summed E-state index contributed by atoms with van der Waals surface area (Å²) in [5.74, 6) is -0.122. The molecule has 16 heavy (non-hydrogen) atoms. The van der Waals surface area contributed by atoms with Crippen LogP contribution in [0.15, 0.2) is 18.2 Å². The second kappa shape index (κ2) is 5.51. The van der Waals surface area contributed by atoms with Crippen LogP contribution < -0.4 is 4.74 Å². The first-order valence-corrected chi connectivity index (χ1v) is 4.90. The molecule has 0 amide bonds. The average Bonchev–Trinajstić information content (AvgIpc) is 2.27. The third-order valence-electron chi connectivity index (χ3n) is 2.01. The van der Waals surface area contributed by atoms with E-state index in [1.165, 1.54) is 14.2 Å². The van der Waals surface area contributed by atoms with Crippen LogP contribution in [-0.4, -0.2) is 25.4 Å². The molecule has 1 rings (SSSR count). The van der Waals surface area contributed by atoms with Crippen molar-refractivity contribution in [2.24, 2.45) is 0 Å². The van der Waals surface area contributed by atoms with Crippen LogP contribution in [0.2, 0.25) is 0 Å². The fourth-order valence-corrected chi connectivity index (χ4v) is 1.44. The van der Waals surface area contributed by atoms with E-state index in [0.29, 0.717) is 16.9 Å². The van der Waals surface area contributed by atoms with Crippen molar-refractivity contribution in [1.29, 1.82) is 0 Å². The molecule has 5 heteroatoms. The monoisotopic (exact) mass is 242 g/mol. The van der Waals surface area contributed by atoms with Crippen LogP contribution in [0.4, 0.5) is 0 Å². The molecule has 86 valence electrons. The largest absolute Gasteiger partial charge is 0.496 e. The van der Waals surface area contributed by atoms with Crippen LogP contribution in [0.3, 0.4) is 0 Å². The lowest BCUT2D eigenvalue weighted by Gasteiger charge is -2.08. The summed E-state index contributed by atoms with van der Waals surface area (Å²) in [7, 11) is 2.73. The first-order chi connectivity index (χ1) is 7.58. The second-order valence-electron chi connectivity index (χ2n) is 3.06. The Morgan fingerprint density at radius 3 is 2.50 bits per heavy atom. The quantitative estimate of drug-likeness (QED) is 0.597. The number of hydrogen-bond acceptors (Lipinski definition) is 4. The minimum atomic E-state index is -0.486. The summed E-state index contributed by atoms with van der Waals surface area (Å²) >= 11 is 5.27. The van der Waals surface area contributed by atoms with E-state index in [1.807, 2.05) is 0 Å². The molecule has 0 fully saturated rings. The number of ether oxygens (including phenoxy) is 2. The zero-order chi connectivity index (χ0) is 12.1. The van der Waals surface area contributed by atoms with Crippen LogP contribution in [0.1, 0.15) is 15.9 Å². The first kappa shape index (κ1) is 12.5. The maximum absolute atomic E-state index is 11.3. The SMILES string of the molecule is COC(=O)c1ccc(CC(=O)Cl)cc1OC. The fourth-order valence-electron chi connectivity index (χ4n) is 1.28. The summed E-state index contributed by atoms with van der Waals surface area (Å²) < 4.78 is 9.62. The molecule has 0 aliphatic carbocycles. The van der Waals surface area contributed by atoms with Gasteiger partial charge in [0.25, 0.3) is 0 Å². The third kappa shape index (κ3) is 2.97. The van der Waals surface area contributed by atoms with Gasteiger partial charge in [-0.3, -0.25) is 4.79 Å². The van der Waals surface area contributed by atoms with Crippen LogP contribution in [-0.2, 0) is 16.0 Å². The molecule has 0 saturated carbocycles. The van der Waals surface area contributed by atoms with Gasteiger partial charge in [-0.1, -0.05) is 6.07 Å². The van der Waals surface area contributed by atoms with Gasteiger partial charge in [0.1, 0.15) is 11.3 Å². The van der Waals surface area contributed by atoms with Gasteiger partial charge in [0.15, 0.2) is 0 Å². The Balaban J connectivity index is 3.06. The summed E-state index contributed by atoms with van der Waals surface area (Å²) in [6.45, 7) is 0. The van der Waals surface area contributed by atoms with Gasteiger partial charge < -0.3 is 9.47 Å². The van der Waals surface area contributed by atoms with E-state index in [-0.39, 0.29) is 6.42 Å². The van der Waals surface area contributed by atoms with Gasteiger partial charge in [0.2, 0.25) is 5.24 Å². The average molecular weight is 243 g/mol. The van der Waals surface area contributed by atoms with Crippen molar-refractivity contribution in [2.45, 2.75) is 6.42 Å². The van der Waals surface area contributed by atoms with E-state index < -0.39 is 11.2 Å². The normalized spacial score (nSPS) is 9.69. The molecule has 0 bridgehead atoms. The van der Waals surface area contributed by atoms with Gasteiger partial charge in [-0.15, -0.1) is 0 Å². The molecule has 0 N–H and O–H groups in total. The van der Waals surface area contributed by atoms with Gasteiger partial charge in [-0.25, -0.2) is 4.79 Å². The van der Waals surface area contributed by atoms with Crippen molar-refractivity contribution in [3.8, 4) is 5.75 Å². The number of halogens is 1. The summed E-state index contributed by atoms with van der Waals surface area (Å²) in [6.07, 6.45) is 0.0966. The minimum absolute atomic E-state index is 0.0966. The van der Waals surface area contributed by atoms with Gasteiger partial charge in [0.05, 0.1) is 14.2 Å². The predicted molar refractivity (Wildman–Crippen MR) is 58.9 cm³/mol. The van der Waals surface area contributed by atoms with Crippen LogP contribution in [0.5, 0.6) is 5.75 Å². The number of carbonyl (C=O) groups excluding carboxylic acids is 2. The maximum atomic E-state index is 11.3. The number of hydrogen-bond donors (Lipinski definition) is 0. The van der Waals surface area contributed by atoms with E-state index in [9.17, 15) is 9.59 Å². The Kier molecular flexibility index (Phi) is 4.31. The number of esters is 1. The van der Waals surface area contributed by atoms with E-state index in [4.69, 9.17) is 16.3 Å². The number of carbonyl (C=O) groups is 2. The Morgan fingerprint density at radius 1 is 1.31 bits per heavy atom. The van der Waals surface area contributed by atoms with Crippen molar-refractivity contribution in [3.05, 3.63) is 29.3 Å². The van der Waals surface area contributed by atoms with Crippen molar-refractivity contribution >= 4 is 22.8 Å². The highest BCUT2D eigenvalue weighted by molar-refractivity contribution is 6.63. The molecule has 0 aliphatic heterocycles. The topological polar surface area (TPSA) is 52.6 Å². The Bertz CT molecular complexity index is 414. The van der Waals surface area contributed by atoms with Gasteiger partial charge in [0, 0.05) is 6.42 Å². The smallest absolute Gasteiger partial charge is 0.341 e. The summed E-state index contributed by atoms with van der Waals surface area (Å²) in [5, 5.41) is -0.465. The van der Waals surface area contributed by atoms with Crippen molar-refractivity contribution < 1.29 is 19.1 Å². The summed E-state index contributed by atoms with van der Waals surface area (Å²) in [4.78, 5) is 22.1. The molecule has 0 radical (unpaired) electrons. The highest BCUT2D eigenvalue weighted by Gasteiger charge is 2.13. The Hall–Kier alpha value is -1.55. The molecule has 0 heterocycles. The fraction of sp³-hybridized carbons (Fsp3) is 0.273. The number of rotatable bonds is 4. The molecule has 1 aromatic rings. The molecule has 4 nitrogen and oxygen atoms in total. The van der Waals surface area contributed by atoms with Gasteiger partial charge in [-0.2, -0.15) is 0 Å². The molecule has 0 aliphatic rings. The minimum Gasteiger partial charge on any atom is -0.496 e. The summed E-state index contributed by atoms with van der Waals surface area (Å²) in [5.41, 5.74) is 1.00. The molecule has 1 aromatic carbocycles. The zero-order valence-electron chi connectivity index (χ0n) is 8.95. The standard InChI is InChI=1S/C11H11ClO4/c1-15-9-5-7(6-10(12)13)3-4-8(9)11(14)16-2/h3-5H,6H2,1-2H3. The van der Waals surface area contributed by atoms with Gasteiger partial charge in [-0.05, 0) is 29.3 Å². The van der Waals surface area contributed by atoms with E-state index in [1.54, 1.807) is 18.2 Å². The maximum Gasteiger partial charge on any atom is 0.341 e. The third-order valence-corrected chi connectivity index (χ3v) is 2.15. The van der Waals surface area contributed by atoms with Gasteiger partial charge >= 0.3 is 5.97 Å². The lowest BCUT2D eigenvalue weighted by atomic mass is 10.1. The highest BCUT2D eigenvalue weighted by atomic mass is 35.5. The Labute approximate surface area is 98.1 Å². The molecule has 0 atom stereocenters. The van der Waals surface area contributed by atoms with Crippen LogP contribution in [0.25, 0.3) is 0 Å². The first-order valence-electron chi connectivity index (χ1n) is 4.52. The van der Waals surface area contributed by atoms with Crippen molar-refractivity contribution in [3.63, 3.8) is 0 Å². The molecule has 0 saturated heterocycles. The molecule has 0 spiro atoms. The van der Waals surface area contributed by atoms with E-state index in [0.717, 1.165) is 0 Å². The van der Waals surface area contributed by atoms with Crippen molar-refractivity contribution in [2.75, 3.05) is 14.2 Å². The second-order valence-corrected chi connectivity index (χ2v) is 3.48. The zero-order valence-corrected chi connectivity index (χ0v) is 9.71. The number of benzene rings is 1. The Morgan fingerprint density at radius 2 is 2.00 bits per heavy atom. The molecular weight excluding hydrogens is 232 g/mol. The molecule has 0 aromatic heterocycles. The lowest BCUT2D eigenvalue weighted by Crippen LogP contribution is -2.05. The van der Waals surface area contributed by atoms with Crippen molar-refractivity contribution in [1.82, 2.24) is 0 Å². The van der Waals surface area contributed by atoms with E-state index >= 15 is 0 Å². The van der Waals surface area contributed by atoms with E-state index in [2.05, 4.69) is 4.74 Å². The predicted octanol–water partition coefficient (Wildman–Crippen LogP) is 1.79. The molecular formula is C11H11ClO4. The summed E-state index contributed by atoms with van der Waals surface area (Å²) in [6, 6.07) is 4.77. The molecule has 0 unspecified atom stereocenters.